The third-order valence-corrected chi connectivity index (χ3v) is 3.62. The molecular weight excluding hydrogens is 222 g/mol. The molecule has 18 heavy (non-hydrogen) atoms. The Bertz CT molecular complexity index is 565. The molecule has 0 radical (unpaired) electrons. The summed E-state index contributed by atoms with van der Waals surface area (Å²) in [7, 11) is 0. The molecule has 1 fully saturated rings. The van der Waals surface area contributed by atoms with Gasteiger partial charge in [0.05, 0.1) is 6.33 Å². The zero-order valence-electron chi connectivity index (χ0n) is 10.9. The van der Waals surface area contributed by atoms with Crippen LogP contribution in [-0.2, 0) is 0 Å². The maximum atomic E-state index is 6.23. The standard InChI is InChI=1S/C15H19N3/c1-10(2)18-9-17-14(15(18)16)13-6-4-3-5-12(13)11-7-8-11/h3-6,9-11H,7-8,16H2,1-2H3. The smallest absolute Gasteiger partial charge is 0.131 e. The molecule has 0 spiro atoms. The Labute approximate surface area is 108 Å². The summed E-state index contributed by atoms with van der Waals surface area (Å²) in [6.07, 6.45) is 4.43. The Hall–Kier alpha value is -1.77. The van der Waals surface area contributed by atoms with Crippen LogP contribution in [0.5, 0.6) is 0 Å². The maximum absolute atomic E-state index is 6.23. The van der Waals surface area contributed by atoms with Gasteiger partial charge in [0.1, 0.15) is 11.5 Å². The molecule has 1 aromatic carbocycles. The van der Waals surface area contributed by atoms with Crippen LogP contribution in [0.4, 0.5) is 5.82 Å². The summed E-state index contributed by atoms with van der Waals surface area (Å²) >= 11 is 0. The van der Waals surface area contributed by atoms with Gasteiger partial charge >= 0.3 is 0 Å². The van der Waals surface area contributed by atoms with E-state index in [4.69, 9.17) is 5.73 Å². The van der Waals surface area contributed by atoms with Crippen molar-refractivity contribution in [3.8, 4) is 11.3 Å². The molecule has 3 nitrogen and oxygen atoms in total. The van der Waals surface area contributed by atoms with E-state index in [0.29, 0.717) is 12.0 Å². The molecule has 2 aromatic rings. The summed E-state index contributed by atoms with van der Waals surface area (Å²) < 4.78 is 2.03. The molecule has 3 rings (SSSR count). The van der Waals surface area contributed by atoms with Crippen LogP contribution in [0.15, 0.2) is 30.6 Å². The van der Waals surface area contributed by atoms with Crippen molar-refractivity contribution >= 4 is 5.82 Å². The lowest BCUT2D eigenvalue weighted by molar-refractivity contribution is 0.607. The fraction of sp³-hybridized carbons (Fsp3) is 0.400. The number of aromatic nitrogens is 2. The number of nitrogens with zero attached hydrogens (tertiary/aromatic N) is 2. The lowest BCUT2D eigenvalue weighted by Crippen LogP contribution is -2.04. The van der Waals surface area contributed by atoms with Gasteiger partial charge < -0.3 is 10.3 Å². The molecule has 0 amide bonds. The minimum absolute atomic E-state index is 0.347. The van der Waals surface area contributed by atoms with E-state index in [2.05, 4.69) is 43.1 Å². The molecule has 1 aliphatic rings. The van der Waals surface area contributed by atoms with Crippen LogP contribution in [0.25, 0.3) is 11.3 Å². The third-order valence-electron chi connectivity index (χ3n) is 3.62. The highest BCUT2D eigenvalue weighted by atomic mass is 15.1. The summed E-state index contributed by atoms with van der Waals surface area (Å²) in [5.74, 6) is 1.49. The number of imidazole rings is 1. The van der Waals surface area contributed by atoms with Gasteiger partial charge in [-0.3, -0.25) is 0 Å². The topological polar surface area (TPSA) is 43.8 Å². The van der Waals surface area contributed by atoms with Gasteiger partial charge in [-0.05, 0) is 38.2 Å². The minimum Gasteiger partial charge on any atom is -0.383 e. The second-order valence-corrected chi connectivity index (χ2v) is 5.34. The van der Waals surface area contributed by atoms with Gasteiger partial charge in [-0.1, -0.05) is 24.3 Å². The summed E-state index contributed by atoms with van der Waals surface area (Å²) in [6.45, 7) is 4.24. The van der Waals surface area contributed by atoms with E-state index >= 15 is 0 Å². The van der Waals surface area contributed by atoms with Crippen LogP contribution in [-0.4, -0.2) is 9.55 Å². The van der Waals surface area contributed by atoms with Crippen LogP contribution < -0.4 is 5.73 Å². The molecule has 94 valence electrons. The van der Waals surface area contributed by atoms with Gasteiger partial charge in [-0.25, -0.2) is 4.98 Å². The quantitative estimate of drug-likeness (QED) is 0.892. The third kappa shape index (κ3) is 1.80. The van der Waals surface area contributed by atoms with Gasteiger partial charge in [0.15, 0.2) is 0 Å². The summed E-state index contributed by atoms with van der Waals surface area (Å²) in [6, 6.07) is 8.86. The number of nitrogens with two attached hydrogens (primary N) is 1. The Morgan fingerprint density at radius 2 is 2.00 bits per heavy atom. The predicted molar refractivity (Wildman–Crippen MR) is 74.4 cm³/mol. The molecule has 0 unspecified atom stereocenters. The monoisotopic (exact) mass is 241 g/mol. The van der Waals surface area contributed by atoms with Gasteiger partial charge in [0.2, 0.25) is 0 Å². The summed E-state index contributed by atoms with van der Waals surface area (Å²) in [5.41, 5.74) is 9.77. The van der Waals surface area contributed by atoms with E-state index in [1.165, 1.54) is 24.0 Å². The normalized spacial score (nSPS) is 15.3. The number of nitrogen functional groups attached to an aromatic ring is 1. The van der Waals surface area contributed by atoms with Gasteiger partial charge in [0, 0.05) is 11.6 Å². The van der Waals surface area contributed by atoms with E-state index in [9.17, 15) is 0 Å². The first-order valence-corrected chi connectivity index (χ1v) is 6.60. The lowest BCUT2D eigenvalue weighted by Gasteiger charge is -2.11. The zero-order chi connectivity index (χ0) is 12.7. The van der Waals surface area contributed by atoms with Crippen molar-refractivity contribution in [2.45, 2.75) is 38.6 Å². The van der Waals surface area contributed by atoms with Gasteiger partial charge in [0.25, 0.3) is 0 Å². The van der Waals surface area contributed by atoms with Crippen molar-refractivity contribution in [3.05, 3.63) is 36.2 Å². The van der Waals surface area contributed by atoms with Crippen LogP contribution in [0.1, 0.15) is 44.2 Å². The molecule has 0 saturated heterocycles. The second-order valence-electron chi connectivity index (χ2n) is 5.34. The van der Waals surface area contributed by atoms with E-state index in [1.54, 1.807) is 0 Å². The Kier molecular flexibility index (Phi) is 2.62. The number of hydrogen-bond acceptors (Lipinski definition) is 2. The molecule has 2 N–H and O–H groups in total. The lowest BCUT2D eigenvalue weighted by atomic mass is 10.0. The van der Waals surface area contributed by atoms with Crippen LogP contribution in [0.3, 0.4) is 0 Å². The Balaban J connectivity index is 2.10. The van der Waals surface area contributed by atoms with Crippen LogP contribution in [0.2, 0.25) is 0 Å². The first-order valence-electron chi connectivity index (χ1n) is 6.60. The van der Waals surface area contributed by atoms with Crippen LogP contribution >= 0.6 is 0 Å². The van der Waals surface area contributed by atoms with Crippen molar-refractivity contribution in [2.24, 2.45) is 0 Å². The van der Waals surface area contributed by atoms with Crippen molar-refractivity contribution in [1.29, 1.82) is 0 Å². The highest BCUT2D eigenvalue weighted by Gasteiger charge is 2.27. The molecular formula is C15H19N3. The molecule has 0 aliphatic heterocycles. The van der Waals surface area contributed by atoms with E-state index in [0.717, 1.165) is 11.5 Å². The fourth-order valence-corrected chi connectivity index (χ4v) is 2.45. The molecule has 1 saturated carbocycles. The highest BCUT2D eigenvalue weighted by Crippen LogP contribution is 2.44. The molecule has 0 atom stereocenters. The van der Waals surface area contributed by atoms with E-state index < -0.39 is 0 Å². The molecule has 3 heteroatoms. The zero-order valence-corrected chi connectivity index (χ0v) is 10.9. The van der Waals surface area contributed by atoms with E-state index in [1.807, 2.05) is 10.9 Å². The predicted octanol–water partition coefficient (Wildman–Crippen LogP) is 3.59. The molecule has 0 bridgehead atoms. The minimum atomic E-state index is 0.347. The molecule has 1 heterocycles. The number of hydrogen-bond donors (Lipinski definition) is 1. The Morgan fingerprint density at radius 3 is 2.61 bits per heavy atom. The van der Waals surface area contributed by atoms with E-state index in [-0.39, 0.29) is 0 Å². The van der Waals surface area contributed by atoms with Crippen molar-refractivity contribution in [3.63, 3.8) is 0 Å². The maximum Gasteiger partial charge on any atom is 0.131 e. The number of rotatable bonds is 3. The average Bonchev–Trinajstić information content (AvgIpc) is 3.12. The SMILES string of the molecule is CC(C)n1cnc(-c2ccccc2C2CC2)c1N. The second kappa shape index (κ2) is 4.16. The highest BCUT2D eigenvalue weighted by molar-refractivity contribution is 5.74. The number of benzene rings is 1. The average molecular weight is 241 g/mol. The van der Waals surface area contributed by atoms with Gasteiger partial charge in [-0.2, -0.15) is 0 Å². The summed E-state index contributed by atoms with van der Waals surface area (Å²) in [5, 5.41) is 0. The first kappa shape index (κ1) is 11.3. The Morgan fingerprint density at radius 1 is 1.28 bits per heavy atom. The fourth-order valence-electron chi connectivity index (χ4n) is 2.45. The van der Waals surface area contributed by atoms with Crippen LogP contribution in [0, 0.1) is 0 Å². The molecule has 1 aliphatic carbocycles. The summed E-state index contributed by atoms with van der Waals surface area (Å²) in [4.78, 5) is 4.52. The largest absolute Gasteiger partial charge is 0.383 e. The molecule has 1 aromatic heterocycles. The first-order chi connectivity index (χ1) is 8.68. The number of anilines is 1. The van der Waals surface area contributed by atoms with Crippen molar-refractivity contribution in [2.75, 3.05) is 5.73 Å². The van der Waals surface area contributed by atoms with Gasteiger partial charge in [-0.15, -0.1) is 0 Å². The van der Waals surface area contributed by atoms with Crippen molar-refractivity contribution < 1.29 is 0 Å². The van der Waals surface area contributed by atoms with Crippen molar-refractivity contribution in [1.82, 2.24) is 9.55 Å².